The zero-order chi connectivity index (χ0) is 23.0. The second kappa shape index (κ2) is 17.2. The van der Waals surface area contributed by atoms with Gasteiger partial charge < -0.3 is 25.2 Å². The van der Waals surface area contributed by atoms with E-state index in [1.807, 2.05) is 20.8 Å². The number of rotatable bonds is 12. The van der Waals surface area contributed by atoms with E-state index in [0.29, 0.717) is 6.54 Å². The molecule has 0 spiro atoms. The van der Waals surface area contributed by atoms with Gasteiger partial charge >= 0.3 is 0 Å². The molecule has 8 heteroatoms. The van der Waals surface area contributed by atoms with Gasteiger partial charge in [0.25, 0.3) is 0 Å². The average molecular weight is 417 g/mol. The van der Waals surface area contributed by atoms with Crippen LogP contribution in [0.5, 0.6) is 0 Å². The number of carbonyl (C=O) groups excluding carboxylic acids is 3. The Balaban J connectivity index is 0. The molecule has 0 aliphatic heterocycles. The van der Waals surface area contributed by atoms with E-state index in [2.05, 4.69) is 24.5 Å². The van der Waals surface area contributed by atoms with Crippen LogP contribution in [-0.4, -0.2) is 87.6 Å². The first-order chi connectivity index (χ1) is 13.6. The minimum absolute atomic E-state index is 0.0757. The highest BCUT2D eigenvalue weighted by Gasteiger charge is 2.33. The van der Waals surface area contributed by atoms with Crippen molar-refractivity contribution in [1.29, 1.82) is 0 Å². The molecule has 0 radical (unpaired) electrons. The molecule has 0 aromatic carbocycles. The third-order valence-corrected chi connectivity index (χ3v) is 4.41. The maximum atomic E-state index is 12.6. The Morgan fingerprint density at radius 3 is 1.93 bits per heavy atom. The smallest absolute Gasteiger partial charge is 0.242 e. The van der Waals surface area contributed by atoms with Crippen molar-refractivity contribution in [3.05, 3.63) is 0 Å². The topological polar surface area (TPSA) is 91.0 Å². The van der Waals surface area contributed by atoms with E-state index in [9.17, 15) is 14.4 Å². The van der Waals surface area contributed by atoms with Crippen LogP contribution in [0.15, 0.2) is 0 Å². The summed E-state index contributed by atoms with van der Waals surface area (Å²) >= 11 is 0. The van der Waals surface area contributed by atoms with Gasteiger partial charge in [-0.2, -0.15) is 0 Å². The third kappa shape index (κ3) is 13.2. The van der Waals surface area contributed by atoms with Crippen LogP contribution in [-0.2, 0) is 19.1 Å². The van der Waals surface area contributed by atoms with Crippen LogP contribution in [0.25, 0.3) is 0 Å². The molecule has 0 bridgehead atoms. The van der Waals surface area contributed by atoms with Crippen molar-refractivity contribution in [2.75, 3.05) is 47.9 Å². The Morgan fingerprint density at radius 1 is 0.966 bits per heavy atom. The summed E-state index contributed by atoms with van der Waals surface area (Å²) in [4.78, 5) is 39.6. The summed E-state index contributed by atoms with van der Waals surface area (Å²) in [5.74, 6) is -0.378. The number of hydrogen-bond acceptors (Lipinski definition) is 5. The van der Waals surface area contributed by atoms with Crippen LogP contribution >= 0.6 is 0 Å². The summed E-state index contributed by atoms with van der Waals surface area (Å²) in [5, 5.41) is 5.40. The van der Waals surface area contributed by atoms with Gasteiger partial charge in [-0.1, -0.05) is 40.5 Å². The third-order valence-electron chi connectivity index (χ3n) is 4.41. The summed E-state index contributed by atoms with van der Waals surface area (Å²) < 4.78 is 5.55. The molecule has 0 aliphatic rings. The normalized spacial score (nSPS) is 13.6. The second-order valence-corrected chi connectivity index (χ2v) is 7.53. The monoisotopic (exact) mass is 416 g/mol. The fraction of sp³-hybridized carbons (Fsp3) is 0.857. The van der Waals surface area contributed by atoms with Crippen molar-refractivity contribution in [3.8, 4) is 0 Å². The Kier molecular flexibility index (Phi) is 17.5. The first-order valence-corrected chi connectivity index (χ1v) is 10.6. The molecule has 0 aromatic rings. The fourth-order valence-electron chi connectivity index (χ4n) is 2.84. The highest BCUT2D eigenvalue weighted by atomic mass is 16.5. The van der Waals surface area contributed by atoms with Gasteiger partial charge in [-0.05, 0) is 26.9 Å². The predicted molar refractivity (Wildman–Crippen MR) is 118 cm³/mol. The van der Waals surface area contributed by atoms with E-state index >= 15 is 0 Å². The Hall–Kier alpha value is -1.67. The van der Waals surface area contributed by atoms with E-state index in [-0.39, 0.29) is 49.2 Å². The maximum Gasteiger partial charge on any atom is 0.242 e. The molecule has 0 rings (SSSR count). The summed E-state index contributed by atoms with van der Waals surface area (Å²) in [6.45, 7) is 10.9. The molecule has 2 N–H and O–H groups in total. The van der Waals surface area contributed by atoms with Crippen molar-refractivity contribution in [1.82, 2.24) is 20.4 Å². The van der Waals surface area contributed by atoms with Crippen LogP contribution in [0, 0.1) is 5.92 Å². The van der Waals surface area contributed by atoms with Crippen molar-refractivity contribution in [2.45, 2.75) is 66.0 Å². The van der Waals surface area contributed by atoms with Gasteiger partial charge in [0.1, 0.15) is 0 Å². The van der Waals surface area contributed by atoms with Crippen molar-refractivity contribution >= 4 is 17.7 Å². The molecule has 3 atom stereocenters. The summed E-state index contributed by atoms with van der Waals surface area (Å²) in [5.41, 5.74) is 0. The molecule has 3 unspecified atom stereocenters. The van der Waals surface area contributed by atoms with Crippen molar-refractivity contribution in [3.63, 3.8) is 0 Å². The minimum atomic E-state index is -0.414. The van der Waals surface area contributed by atoms with Gasteiger partial charge in [-0.3, -0.25) is 14.4 Å². The van der Waals surface area contributed by atoms with Crippen molar-refractivity contribution < 1.29 is 19.1 Å². The van der Waals surface area contributed by atoms with Crippen LogP contribution in [0.2, 0.25) is 0 Å². The van der Waals surface area contributed by atoms with Crippen LogP contribution < -0.4 is 10.6 Å². The van der Waals surface area contributed by atoms with Gasteiger partial charge in [0.15, 0.2) is 0 Å². The van der Waals surface area contributed by atoms with E-state index < -0.39 is 6.10 Å². The van der Waals surface area contributed by atoms with Gasteiger partial charge in [0, 0.05) is 20.7 Å². The number of likely N-dealkylation sites (N-methyl/N-ethyl adjacent to an activating group) is 2. The molecule has 3 amide bonds. The molecule has 0 fully saturated rings. The molecular formula is C21H44N4O4. The standard InChI is InChI=1S/C18H36N4O4.C3H8/c1-8-13(3)18(14(26-7)10-15(23)19-9-2)22(6)17(25)11-20-16(24)12-21(4)5;1-3-2/h13-14,18H,8-12H2,1-7H3,(H,19,23)(H,20,24);3H2,1-2H3. The number of amides is 3. The summed E-state index contributed by atoms with van der Waals surface area (Å²) in [7, 11) is 6.82. The number of methoxy groups -OCH3 is 1. The zero-order valence-corrected chi connectivity index (χ0v) is 20.0. The lowest BCUT2D eigenvalue weighted by Gasteiger charge is -2.37. The zero-order valence-electron chi connectivity index (χ0n) is 20.0. The second-order valence-electron chi connectivity index (χ2n) is 7.53. The average Bonchev–Trinajstić information content (AvgIpc) is 2.65. The molecule has 0 aromatic heterocycles. The molecule has 0 saturated carbocycles. The highest BCUT2D eigenvalue weighted by molar-refractivity contribution is 5.85. The molecule has 0 saturated heterocycles. The minimum Gasteiger partial charge on any atom is -0.379 e. The Labute approximate surface area is 177 Å². The van der Waals surface area contributed by atoms with Gasteiger partial charge in [-0.25, -0.2) is 0 Å². The van der Waals surface area contributed by atoms with E-state index in [0.717, 1.165) is 6.42 Å². The fourth-order valence-corrected chi connectivity index (χ4v) is 2.84. The molecule has 172 valence electrons. The van der Waals surface area contributed by atoms with Crippen LogP contribution in [0.1, 0.15) is 53.9 Å². The molecule has 0 aliphatic carbocycles. The largest absolute Gasteiger partial charge is 0.379 e. The summed E-state index contributed by atoms with van der Waals surface area (Å²) in [6, 6.07) is -0.258. The number of nitrogens with one attached hydrogen (secondary N) is 2. The quantitative estimate of drug-likeness (QED) is 0.503. The van der Waals surface area contributed by atoms with Crippen LogP contribution in [0.4, 0.5) is 0 Å². The van der Waals surface area contributed by atoms with E-state index in [1.165, 1.54) is 6.42 Å². The summed E-state index contributed by atoms with van der Waals surface area (Å²) in [6.07, 6.45) is 1.86. The number of ether oxygens (including phenoxy) is 1. The Morgan fingerprint density at radius 2 is 1.52 bits per heavy atom. The van der Waals surface area contributed by atoms with Crippen LogP contribution in [0.3, 0.4) is 0 Å². The van der Waals surface area contributed by atoms with Gasteiger partial charge in [-0.15, -0.1) is 0 Å². The SMILES string of the molecule is CCC.CCNC(=O)CC(OC)C(C(C)CC)N(C)C(=O)CNC(=O)CN(C)C. The maximum absolute atomic E-state index is 12.6. The predicted octanol–water partition coefficient (Wildman–Crippen LogP) is 1.49. The molecule has 8 nitrogen and oxygen atoms in total. The molecule has 0 heterocycles. The lowest BCUT2D eigenvalue weighted by molar-refractivity contribution is -0.139. The van der Waals surface area contributed by atoms with Gasteiger partial charge in [0.2, 0.25) is 17.7 Å². The van der Waals surface area contributed by atoms with E-state index in [1.54, 1.807) is 38.1 Å². The number of carbonyl (C=O) groups is 3. The molecule has 29 heavy (non-hydrogen) atoms. The number of hydrogen-bond donors (Lipinski definition) is 2. The lowest BCUT2D eigenvalue weighted by atomic mass is 9.91. The van der Waals surface area contributed by atoms with Crippen molar-refractivity contribution in [2.24, 2.45) is 5.92 Å². The first-order valence-electron chi connectivity index (χ1n) is 10.6. The number of nitrogens with zero attached hydrogens (tertiary/aromatic N) is 2. The Bertz CT molecular complexity index is 472. The highest BCUT2D eigenvalue weighted by Crippen LogP contribution is 2.21. The van der Waals surface area contributed by atoms with E-state index in [4.69, 9.17) is 4.74 Å². The molecular weight excluding hydrogens is 372 g/mol. The van der Waals surface area contributed by atoms with Gasteiger partial charge in [0.05, 0.1) is 31.7 Å². The first kappa shape index (κ1) is 29.5. The lowest BCUT2D eigenvalue weighted by Crippen LogP contribution is -2.53.